The van der Waals surface area contributed by atoms with Gasteiger partial charge in [-0.15, -0.1) is 0 Å². The lowest BCUT2D eigenvalue weighted by molar-refractivity contribution is -0.140. The van der Waals surface area contributed by atoms with Crippen LogP contribution in [-0.2, 0) is 22.6 Å². The first kappa shape index (κ1) is 21.7. The molecule has 2 amide bonds. The van der Waals surface area contributed by atoms with Gasteiger partial charge in [-0.1, -0.05) is 73.0 Å². The van der Waals surface area contributed by atoms with Crippen molar-refractivity contribution in [3.8, 4) is 0 Å². The van der Waals surface area contributed by atoms with E-state index < -0.39 is 6.04 Å². The summed E-state index contributed by atoms with van der Waals surface area (Å²) in [5.74, 6) is -0.134. The van der Waals surface area contributed by atoms with Crippen LogP contribution in [0, 0.1) is 13.8 Å². The molecule has 0 saturated heterocycles. The highest BCUT2D eigenvalue weighted by molar-refractivity contribution is 5.88. The summed E-state index contributed by atoms with van der Waals surface area (Å²) in [6.07, 6.45) is 2.25. The molecule has 28 heavy (non-hydrogen) atoms. The van der Waals surface area contributed by atoms with Crippen molar-refractivity contribution in [2.24, 2.45) is 0 Å². The normalized spacial score (nSPS) is 11.7. The predicted molar refractivity (Wildman–Crippen MR) is 114 cm³/mol. The quantitative estimate of drug-likeness (QED) is 0.664. The summed E-state index contributed by atoms with van der Waals surface area (Å²) in [5.41, 5.74) is 4.29. The minimum absolute atomic E-state index is 0.0352. The van der Waals surface area contributed by atoms with Crippen LogP contribution in [0.1, 0.15) is 48.9 Å². The molecule has 2 aromatic carbocycles. The number of unbranched alkanes of at least 4 members (excludes halogenated alkanes) is 1. The van der Waals surface area contributed by atoms with E-state index in [4.69, 9.17) is 0 Å². The summed E-state index contributed by atoms with van der Waals surface area (Å²) in [5, 5.41) is 2.95. The van der Waals surface area contributed by atoms with Crippen LogP contribution in [0.15, 0.2) is 48.5 Å². The van der Waals surface area contributed by atoms with Gasteiger partial charge in [0.1, 0.15) is 6.04 Å². The molecule has 0 saturated carbocycles. The first-order valence-corrected chi connectivity index (χ1v) is 10.1. The minimum Gasteiger partial charge on any atom is -0.354 e. The number of benzene rings is 2. The van der Waals surface area contributed by atoms with Crippen LogP contribution in [0.5, 0.6) is 0 Å². The summed E-state index contributed by atoms with van der Waals surface area (Å²) in [6.45, 7) is 9.03. The van der Waals surface area contributed by atoms with Crippen LogP contribution in [-0.4, -0.2) is 29.3 Å². The molecule has 1 N–H and O–H groups in total. The molecule has 0 unspecified atom stereocenters. The molecule has 0 fully saturated rings. The number of nitrogens with one attached hydrogen (secondary N) is 1. The van der Waals surface area contributed by atoms with Crippen LogP contribution < -0.4 is 5.32 Å². The zero-order valence-corrected chi connectivity index (χ0v) is 17.5. The number of amides is 2. The van der Waals surface area contributed by atoms with Crippen LogP contribution >= 0.6 is 0 Å². The van der Waals surface area contributed by atoms with E-state index in [9.17, 15) is 9.59 Å². The Bertz CT molecular complexity index is 766. The Morgan fingerprint density at radius 1 is 1.00 bits per heavy atom. The van der Waals surface area contributed by atoms with Gasteiger partial charge < -0.3 is 10.2 Å². The van der Waals surface area contributed by atoms with Gasteiger partial charge >= 0.3 is 0 Å². The molecule has 0 aromatic heterocycles. The first-order chi connectivity index (χ1) is 13.4. The number of nitrogens with zero attached hydrogens (tertiary/aromatic N) is 1. The van der Waals surface area contributed by atoms with Gasteiger partial charge in [0.15, 0.2) is 0 Å². The molecule has 0 radical (unpaired) electrons. The Morgan fingerprint density at radius 2 is 1.64 bits per heavy atom. The first-order valence-electron chi connectivity index (χ1n) is 10.1. The summed E-state index contributed by atoms with van der Waals surface area (Å²) in [4.78, 5) is 27.5. The summed E-state index contributed by atoms with van der Waals surface area (Å²) < 4.78 is 0. The van der Waals surface area contributed by atoms with Crippen LogP contribution in [0.4, 0.5) is 0 Å². The zero-order valence-electron chi connectivity index (χ0n) is 17.5. The monoisotopic (exact) mass is 380 g/mol. The maximum Gasteiger partial charge on any atom is 0.242 e. The molecule has 4 nitrogen and oxygen atoms in total. The summed E-state index contributed by atoms with van der Waals surface area (Å²) in [7, 11) is 0. The van der Waals surface area contributed by atoms with Crippen molar-refractivity contribution in [1.29, 1.82) is 0 Å². The topological polar surface area (TPSA) is 49.4 Å². The maximum atomic E-state index is 13.2. The molecule has 0 heterocycles. The van der Waals surface area contributed by atoms with Crippen molar-refractivity contribution >= 4 is 11.8 Å². The highest BCUT2D eigenvalue weighted by atomic mass is 16.2. The van der Waals surface area contributed by atoms with Gasteiger partial charge in [0.2, 0.25) is 11.8 Å². The molecule has 0 aliphatic carbocycles. The largest absolute Gasteiger partial charge is 0.354 e. The van der Waals surface area contributed by atoms with Crippen molar-refractivity contribution in [2.75, 3.05) is 6.54 Å². The average Bonchev–Trinajstić information content (AvgIpc) is 2.65. The van der Waals surface area contributed by atoms with Crippen molar-refractivity contribution in [2.45, 2.75) is 59.5 Å². The fourth-order valence-electron chi connectivity index (χ4n) is 3.35. The van der Waals surface area contributed by atoms with Gasteiger partial charge in [-0.25, -0.2) is 0 Å². The van der Waals surface area contributed by atoms with E-state index in [-0.39, 0.29) is 11.8 Å². The smallest absolute Gasteiger partial charge is 0.242 e. The number of hydrogen-bond acceptors (Lipinski definition) is 2. The van der Waals surface area contributed by atoms with Gasteiger partial charge in [0.05, 0.1) is 6.42 Å². The molecule has 2 aromatic rings. The van der Waals surface area contributed by atoms with Crippen molar-refractivity contribution in [3.05, 3.63) is 70.8 Å². The van der Waals surface area contributed by atoms with E-state index in [2.05, 4.69) is 18.3 Å². The summed E-state index contributed by atoms with van der Waals surface area (Å²) in [6, 6.07) is 15.5. The second-order valence-electron chi connectivity index (χ2n) is 7.50. The Balaban J connectivity index is 2.18. The Hall–Kier alpha value is -2.62. The third-order valence-corrected chi connectivity index (χ3v) is 4.83. The number of rotatable bonds is 9. The van der Waals surface area contributed by atoms with Gasteiger partial charge in [-0.05, 0) is 38.3 Å². The lowest BCUT2D eigenvalue weighted by atomic mass is 10.0. The minimum atomic E-state index is -0.518. The standard InChI is InChI=1S/C24H32N2O2/c1-5-6-12-25-24(28)20(4)26(17-21-10-8-7-9-11-21)23(27)16-22-14-18(2)13-19(3)15-22/h7-11,13-15,20H,5-6,12,16-17H2,1-4H3,(H,25,28)/t20-/m1/s1. The van der Waals surface area contributed by atoms with E-state index in [1.54, 1.807) is 4.90 Å². The molecule has 2 rings (SSSR count). The van der Waals surface area contributed by atoms with Crippen molar-refractivity contribution in [3.63, 3.8) is 0 Å². The number of aryl methyl sites for hydroxylation is 2. The Morgan fingerprint density at radius 3 is 2.25 bits per heavy atom. The highest BCUT2D eigenvalue weighted by Gasteiger charge is 2.26. The lowest BCUT2D eigenvalue weighted by Gasteiger charge is -2.29. The Kier molecular flexibility index (Phi) is 8.24. The van der Waals surface area contributed by atoms with Gasteiger partial charge in [0, 0.05) is 13.1 Å². The van der Waals surface area contributed by atoms with E-state index in [0.717, 1.165) is 35.1 Å². The second-order valence-corrected chi connectivity index (χ2v) is 7.50. The average molecular weight is 381 g/mol. The van der Waals surface area contributed by atoms with E-state index in [0.29, 0.717) is 19.5 Å². The van der Waals surface area contributed by atoms with E-state index in [1.165, 1.54) is 0 Å². The zero-order chi connectivity index (χ0) is 20.5. The van der Waals surface area contributed by atoms with Crippen molar-refractivity contribution < 1.29 is 9.59 Å². The number of carbonyl (C=O) groups excluding carboxylic acids is 2. The van der Waals surface area contributed by atoms with E-state index >= 15 is 0 Å². The van der Waals surface area contributed by atoms with Crippen LogP contribution in [0.2, 0.25) is 0 Å². The number of hydrogen-bond donors (Lipinski definition) is 1. The third kappa shape index (κ3) is 6.52. The summed E-state index contributed by atoms with van der Waals surface area (Å²) >= 11 is 0. The van der Waals surface area contributed by atoms with Crippen molar-refractivity contribution in [1.82, 2.24) is 10.2 Å². The SMILES string of the molecule is CCCCNC(=O)[C@@H](C)N(Cc1ccccc1)C(=O)Cc1cc(C)cc(C)c1. The van der Waals surface area contributed by atoms with Gasteiger partial charge in [-0.2, -0.15) is 0 Å². The molecule has 0 aliphatic rings. The molecular formula is C24H32N2O2. The second kappa shape index (κ2) is 10.6. The fraction of sp³-hybridized carbons (Fsp3) is 0.417. The molecule has 150 valence electrons. The van der Waals surface area contributed by atoms with Gasteiger partial charge in [0.25, 0.3) is 0 Å². The molecule has 0 spiro atoms. The molecule has 0 bridgehead atoms. The third-order valence-electron chi connectivity index (χ3n) is 4.83. The highest BCUT2D eigenvalue weighted by Crippen LogP contribution is 2.15. The molecular weight excluding hydrogens is 348 g/mol. The lowest BCUT2D eigenvalue weighted by Crippen LogP contribution is -2.48. The van der Waals surface area contributed by atoms with Crippen LogP contribution in [0.3, 0.4) is 0 Å². The van der Waals surface area contributed by atoms with E-state index in [1.807, 2.05) is 63.2 Å². The predicted octanol–water partition coefficient (Wildman–Crippen LogP) is 4.18. The maximum absolute atomic E-state index is 13.2. The molecule has 0 aliphatic heterocycles. The molecule has 4 heteroatoms. The van der Waals surface area contributed by atoms with Crippen LogP contribution in [0.25, 0.3) is 0 Å². The molecule has 1 atom stereocenters. The fourth-order valence-corrected chi connectivity index (χ4v) is 3.35. The Labute approximate surface area is 169 Å². The van der Waals surface area contributed by atoms with Gasteiger partial charge in [-0.3, -0.25) is 9.59 Å². The number of carbonyl (C=O) groups is 2.